The fourth-order valence-electron chi connectivity index (χ4n) is 2.67. The summed E-state index contributed by atoms with van der Waals surface area (Å²) in [5, 5.41) is 4.03. The lowest BCUT2D eigenvalue weighted by Gasteiger charge is -2.27. The molecule has 0 spiro atoms. The number of nitrogens with two attached hydrogens (primary N) is 1. The first-order valence-electron chi connectivity index (χ1n) is 7.07. The standard InChI is InChI=1S/C15H22ClN3O/c1-19(13-3-2-7-18-8-6-13)10-12-5-4-11(15(17)20)9-14(12)16/h4-5,9,13,18H,2-3,6-8,10H2,1H3,(H2,17,20). The average molecular weight is 296 g/mol. The van der Waals surface area contributed by atoms with Gasteiger partial charge in [-0.25, -0.2) is 0 Å². The fraction of sp³-hybridized carbons (Fsp3) is 0.533. The van der Waals surface area contributed by atoms with Crippen LogP contribution < -0.4 is 11.1 Å². The van der Waals surface area contributed by atoms with Gasteiger partial charge in [-0.15, -0.1) is 0 Å². The first kappa shape index (κ1) is 15.3. The van der Waals surface area contributed by atoms with E-state index in [1.165, 1.54) is 12.8 Å². The number of primary amides is 1. The van der Waals surface area contributed by atoms with Gasteiger partial charge in [0.2, 0.25) is 5.91 Å². The Morgan fingerprint density at radius 1 is 1.45 bits per heavy atom. The van der Waals surface area contributed by atoms with Gasteiger partial charge < -0.3 is 11.1 Å². The Morgan fingerprint density at radius 2 is 2.25 bits per heavy atom. The quantitative estimate of drug-likeness (QED) is 0.893. The van der Waals surface area contributed by atoms with Crippen LogP contribution in [0.15, 0.2) is 18.2 Å². The number of hydrogen-bond donors (Lipinski definition) is 2. The molecule has 1 saturated heterocycles. The minimum absolute atomic E-state index is 0.443. The molecular weight excluding hydrogens is 274 g/mol. The second-order valence-electron chi connectivity index (χ2n) is 5.42. The van der Waals surface area contributed by atoms with Gasteiger partial charge in [0, 0.05) is 23.2 Å². The third-order valence-electron chi connectivity index (χ3n) is 3.93. The Balaban J connectivity index is 2.03. The number of rotatable bonds is 4. The van der Waals surface area contributed by atoms with Crippen molar-refractivity contribution in [3.8, 4) is 0 Å². The molecule has 1 atom stereocenters. The van der Waals surface area contributed by atoms with Crippen molar-refractivity contribution >= 4 is 17.5 Å². The zero-order chi connectivity index (χ0) is 14.5. The van der Waals surface area contributed by atoms with Crippen LogP contribution in [0.4, 0.5) is 0 Å². The summed E-state index contributed by atoms with van der Waals surface area (Å²) in [6, 6.07) is 5.87. The topological polar surface area (TPSA) is 58.4 Å². The molecule has 1 aromatic carbocycles. The molecule has 0 bridgehead atoms. The predicted octanol–water partition coefficient (Wildman–Crippen LogP) is 2.01. The van der Waals surface area contributed by atoms with Crippen molar-refractivity contribution in [2.24, 2.45) is 5.73 Å². The highest BCUT2D eigenvalue weighted by Gasteiger charge is 2.17. The number of halogens is 1. The summed E-state index contributed by atoms with van der Waals surface area (Å²) in [6.07, 6.45) is 3.58. The first-order valence-corrected chi connectivity index (χ1v) is 7.45. The molecule has 2 rings (SSSR count). The van der Waals surface area contributed by atoms with Gasteiger partial charge in [0.25, 0.3) is 0 Å². The number of carbonyl (C=O) groups excluding carboxylic acids is 1. The lowest BCUT2D eigenvalue weighted by Crippen LogP contribution is -2.32. The number of nitrogens with one attached hydrogen (secondary N) is 1. The van der Waals surface area contributed by atoms with E-state index < -0.39 is 5.91 Å². The SMILES string of the molecule is CN(Cc1ccc(C(N)=O)cc1Cl)C1CCCNCC1. The number of hydrogen-bond acceptors (Lipinski definition) is 3. The first-order chi connectivity index (χ1) is 9.58. The number of nitrogens with zero attached hydrogens (tertiary/aromatic N) is 1. The van der Waals surface area contributed by atoms with Crippen molar-refractivity contribution < 1.29 is 4.79 Å². The Labute approximate surface area is 125 Å². The maximum absolute atomic E-state index is 11.1. The monoisotopic (exact) mass is 295 g/mol. The van der Waals surface area contributed by atoms with Crippen LogP contribution in [-0.2, 0) is 6.54 Å². The maximum Gasteiger partial charge on any atom is 0.248 e. The Morgan fingerprint density at radius 3 is 2.95 bits per heavy atom. The molecule has 20 heavy (non-hydrogen) atoms. The lowest BCUT2D eigenvalue weighted by molar-refractivity contribution is 0.100. The average Bonchev–Trinajstić information content (AvgIpc) is 2.69. The summed E-state index contributed by atoms with van der Waals surface area (Å²) in [5.41, 5.74) is 6.75. The van der Waals surface area contributed by atoms with Gasteiger partial charge in [-0.2, -0.15) is 0 Å². The largest absolute Gasteiger partial charge is 0.366 e. The Hall–Kier alpha value is -1.10. The van der Waals surface area contributed by atoms with Crippen molar-refractivity contribution in [3.63, 3.8) is 0 Å². The number of amides is 1. The molecule has 1 unspecified atom stereocenters. The minimum atomic E-state index is -0.443. The van der Waals surface area contributed by atoms with Gasteiger partial charge in [0.15, 0.2) is 0 Å². The molecule has 1 fully saturated rings. The van der Waals surface area contributed by atoms with E-state index in [2.05, 4.69) is 17.3 Å². The van der Waals surface area contributed by atoms with Crippen molar-refractivity contribution in [2.75, 3.05) is 20.1 Å². The van der Waals surface area contributed by atoms with Crippen LogP contribution in [0.1, 0.15) is 35.2 Å². The molecule has 0 aliphatic carbocycles. The number of carbonyl (C=O) groups is 1. The highest BCUT2D eigenvalue weighted by Crippen LogP contribution is 2.21. The van der Waals surface area contributed by atoms with Gasteiger partial charge in [0.05, 0.1) is 0 Å². The molecule has 5 heteroatoms. The zero-order valence-corrected chi connectivity index (χ0v) is 12.6. The highest BCUT2D eigenvalue weighted by molar-refractivity contribution is 6.31. The molecule has 1 amide bonds. The molecule has 0 radical (unpaired) electrons. The van der Waals surface area contributed by atoms with E-state index in [0.29, 0.717) is 16.6 Å². The predicted molar refractivity (Wildman–Crippen MR) is 81.9 cm³/mol. The van der Waals surface area contributed by atoms with Gasteiger partial charge in [0.1, 0.15) is 0 Å². The molecule has 1 heterocycles. The Kier molecular flexibility index (Phi) is 5.40. The maximum atomic E-state index is 11.1. The van der Waals surface area contributed by atoms with Crippen LogP contribution in [-0.4, -0.2) is 37.0 Å². The summed E-state index contributed by atoms with van der Waals surface area (Å²) in [5.74, 6) is -0.443. The number of benzene rings is 1. The molecule has 1 aromatic rings. The van der Waals surface area contributed by atoms with Crippen LogP contribution in [0.25, 0.3) is 0 Å². The van der Waals surface area contributed by atoms with E-state index in [9.17, 15) is 4.79 Å². The van der Waals surface area contributed by atoms with Crippen molar-refractivity contribution in [3.05, 3.63) is 34.3 Å². The Bertz CT molecular complexity index is 470. The van der Waals surface area contributed by atoms with Crippen LogP contribution in [0.2, 0.25) is 5.02 Å². The van der Waals surface area contributed by atoms with Crippen molar-refractivity contribution in [1.29, 1.82) is 0 Å². The fourth-order valence-corrected chi connectivity index (χ4v) is 2.91. The van der Waals surface area contributed by atoms with E-state index in [1.54, 1.807) is 12.1 Å². The normalized spacial score (nSPS) is 19.9. The second kappa shape index (κ2) is 7.07. The van der Waals surface area contributed by atoms with E-state index in [-0.39, 0.29) is 0 Å². The van der Waals surface area contributed by atoms with E-state index >= 15 is 0 Å². The lowest BCUT2D eigenvalue weighted by atomic mass is 10.1. The van der Waals surface area contributed by atoms with E-state index in [4.69, 9.17) is 17.3 Å². The zero-order valence-electron chi connectivity index (χ0n) is 11.9. The third-order valence-corrected chi connectivity index (χ3v) is 4.28. The molecule has 1 aliphatic rings. The van der Waals surface area contributed by atoms with Crippen LogP contribution in [0.5, 0.6) is 0 Å². The van der Waals surface area contributed by atoms with Crippen LogP contribution >= 0.6 is 11.6 Å². The van der Waals surface area contributed by atoms with Crippen molar-refractivity contribution in [1.82, 2.24) is 10.2 Å². The van der Waals surface area contributed by atoms with E-state index in [0.717, 1.165) is 31.6 Å². The molecular formula is C15H22ClN3O. The molecule has 4 nitrogen and oxygen atoms in total. The van der Waals surface area contributed by atoms with Crippen LogP contribution in [0, 0.1) is 0 Å². The molecule has 3 N–H and O–H groups in total. The summed E-state index contributed by atoms with van der Waals surface area (Å²) in [6.45, 7) is 2.98. The smallest absolute Gasteiger partial charge is 0.248 e. The van der Waals surface area contributed by atoms with Gasteiger partial charge in [-0.1, -0.05) is 17.7 Å². The molecule has 1 aliphatic heterocycles. The highest BCUT2D eigenvalue weighted by atomic mass is 35.5. The summed E-state index contributed by atoms with van der Waals surface area (Å²) in [4.78, 5) is 13.5. The molecule has 0 aromatic heterocycles. The summed E-state index contributed by atoms with van der Waals surface area (Å²) >= 11 is 6.24. The molecule has 0 saturated carbocycles. The second-order valence-corrected chi connectivity index (χ2v) is 5.83. The minimum Gasteiger partial charge on any atom is -0.366 e. The van der Waals surface area contributed by atoms with Crippen LogP contribution in [0.3, 0.4) is 0 Å². The van der Waals surface area contributed by atoms with Gasteiger partial charge in [-0.05, 0) is 57.1 Å². The third kappa shape index (κ3) is 3.95. The van der Waals surface area contributed by atoms with Gasteiger partial charge >= 0.3 is 0 Å². The van der Waals surface area contributed by atoms with Gasteiger partial charge in [-0.3, -0.25) is 9.69 Å². The molecule has 110 valence electrons. The summed E-state index contributed by atoms with van der Waals surface area (Å²) < 4.78 is 0. The van der Waals surface area contributed by atoms with E-state index in [1.807, 2.05) is 6.07 Å². The van der Waals surface area contributed by atoms with Crippen molar-refractivity contribution in [2.45, 2.75) is 31.8 Å². The summed E-state index contributed by atoms with van der Waals surface area (Å²) in [7, 11) is 2.13.